The van der Waals surface area contributed by atoms with Crippen LogP contribution in [-0.4, -0.2) is 73.7 Å². The topological polar surface area (TPSA) is 57.7 Å². The van der Waals surface area contributed by atoms with Gasteiger partial charge in [0.05, 0.1) is 23.9 Å². The summed E-state index contributed by atoms with van der Waals surface area (Å²) < 4.78 is 4.96. The van der Waals surface area contributed by atoms with Gasteiger partial charge in [-0.25, -0.2) is 4.98 Å². The quantitative estimate of drug-likeness (QED) is 0.676. The zero-order valence-corrected chi connectivity index (χ0v) is 18.6. The molecule has 2 rings (SSSR count). The lowest BCUT2D eigenvalue weighted by atomic mass is 9.98. The zero-order valence-electron chi connectivity index (χ0n) is 16.1. The predicted octanol–water partition coefficient (Wildman–Crippen LogP) is 2.16. The Morgan fingerprint density at radius 3 is 2.46 bits per heavy atom. The van der Waals surface area contributed by atoms with Crippen molar-refractivity contribution in [2.24, 2.45) is 0 Å². The minimum atomic E-state index is 0. The summed E-state index contributed by atoms with van der Waals surface area (Å²) in [5.74, 6) is 0.175. The van der Waals surface area contributed by atoms with E-state index in [2.05, 4.69) is 36.4 Å². The summed E-state index contributed by atoms with van der Waals surface area (Å²) in [6.45, 7) is 12.6. The standard InChI is InChI=1S/C17H30N4O2S.2ClH/c1-17(2,3)16-19-14(13-24-16)12-20-6-8-21(9-7-20)15(22)11-18-5-10-23-4;;/h13,18H,5-12H2,1-4H3;2*1H. The average molecular weight is 427 g/mol. The van der Waals surface area contributed by atoms with Crippen molar-refractivity contribution >= 4 is 42.1 Å². The van der Waals surface area contributed by atoms with Crippen LogP contribution in [0.1, 0.15) is 31.5 Å². The van der Waals surface area contributed by atoms with Crippen LogP contribution in [0.3, 0.4) is 0 Å². The van der Waals surface area contributed by atoms with Gasteiger partial charge in [0.25, 0.3) is 0 Å². The fraction of sp³-hybridized carbons (Fsp3) is 0.765. The molecule has 0 bridgehead atoms. The van der Waals surface area contributed by atoms with Gasteiger partial charge in [-0.2, -0.15) is 0 Å². The lowest BCUT2D eigenvalue weighted by Crippen LogP contribution is -2.50. The van der Waals surface area contributed by atoms with E-state index in [4.69, 9.17) is 9.72 Å². The van der Waals surface area contributed by atoms with Crippen molar-refractivity contribution < 1.29 is 9.53 Å². The lowest BCUT2D eigenvalue weighted by Gasteiger charge is -2.34. The molecule has 0 spiro atoms. The van der Waals surface area contributed by atoms with Gasteiger partial charge in [-0.05, 0) is 0 Å². The number of halogens is 2. The summed E-state index contributed by atoms with van der Waals surface area (Å²) in [6, 6.07) is 0. The number of rotatable bonds is 7. The Kier molecular flexibility index (Phi) is 11.9. The number of piperazine rings is 1. The number of thiazole rings is 1. The molecule has 0 aromatic carbocycles. The van der Waals surface area contributed by atoms with Crippen LogP contribution in [-0.2, 0) is 21.5 Å². The number of hydrogen-bond acceptors (Lipinski definition) is 6. The third-order valence-electron chi connectivity index (χ3n) is 4.06. The molecular weight excluding hydrogens is 395 g/mol. The molecule has 0 radical (unpaired) electrons. The smallest absolute Gasteiger partial charge is 0.236 e. The molecule has 6 nitrogen and oxygen atoms in total. The maximum Gasteiger partial charge on any atom is 0.236 e. The van der Waals surface area contributed by atoms with Gasteiger partial charge in [-0.3, -0.25) is 9.69 Å². The Morgan fingerprint density at radius 2 is 1.92 bits per heavy atom. The molecule has 2 heterocycles. The normalized spacial score (nSPS) is 15.3. The number of nitrogens with one attached hydrogen (secondary N) is 1. The molecule has 1 aliphatic rings. The molecule has 0 saturated carbocycles. The van der Waals surface area contributed by atoms with E-state index in [0.29, 0.717) is 19.7 Å². The van der Waals surface area contributed by atoms with Gasteiger partial charge < -0.3 is 15.0 Å². The molecule has 1 aromatic rings. The Labute approximate surface area is 173 Å². The van der Waals surface area contributed by atoms with Crippen molar-refractivity contribution in [2.75, 3.05) is 53.0 Å². The van der Waals surface area contributed by atoms with Crippen LogP contribution in [0.4, 0.5) is 0 Å². The number of methoxy groups -OCH3 is 1. The summed E-state index contributed by atoms with van der Waals surface area (Å²) in [7, 11) is 1.66. The second-order valence-electron chi connectivity index (χ2n) is 7.22. The highest BCUT2D eigenvalue weighted by Gasteiger charge is 2.22. The van der Waals surface area contributed by atoms with Gasteiger partial charge in [0, 0.05) is 57.2 Å². The van der Waals surface area contributed by atoms with E-state index in [1.807, 2.05) is 4.90 Å². The Bertz CT molecular complexity index is 529. The molecule has 1 aromatic heterocycles. The molecular formula is C17H32Cl2N4O2S. The van der Waals surface area contributed by atoms with Gasteiger partial charge in [0.1, 0.15) is 0 Å². The van der Waals surface area contributed by atoms with E-state index < -0.39 is 0 Å². The molecule has 1 aliphatic heterocycles. The maximum atomic E-state index is 12.1. The van der Waals surface area contributed by atoms with Crippen molar-refractivity contribution in [3.63, 3.8) is 0 Å². The fourth-order valence-corrected chi connectivity index (χ4v) is 3.49. The van der Waals surface area contributed by atoms with Crippen molar-refractivity contribution in [3.05, 3.63) is 16.1 Å². The maximum absolute atomic E-state index is 12.1. The van der Waals surface area contributed by atoms with E-state index >= 15 is 0 Å². The van der Waals surface area contributed by atoms with Crippen LogP contribution in [0.2, 0.25) is 0 Å². The van der Waals surface area contributed by atoms with Crippen LogP contribution >= 0.6 is 36.2 Å². The lowest BCUT2D eigenvalue weighted by molar-refractivity contribution is -0.132. The number of nitrogens with zero attached hydrogens (tertiary/aromatic N) is 3. The van der Waals surface area contributed by atoms with Gasteiger partial charge in [-0.1, -0.05) is 20.8 Å². The number of ether oxygens (including phenoxy) is 1. The first-order valence-corrected chi connectivity index (χ1v) is 9.43. The van der Waals surface area contributed by atoms with E-state index in [-0.39, 0.29) is 36.1 Å². The second-order valence-corrected chi connectivity index (χ2v) is 8.08. The summed E-state index contributed by atoms with van der Waals surface area (Å²) in [5, 5.41) is 6.47. The molecule has 1 saturated heterocycles. The number of aromatic nitrogens is 1. The second kappa shape index (κ2) is 12.1. The summed E-state index contributed by atoms with van der Waals surface area (Å²) >= 11 is 1.74. The third kappa shape index (κ3) is 8.06. The van der Waals surface area contributed by atoms with Crippen LogP contribution in [0, 0.1) is 0 Å². The van der Waals surface area contributed by atoms with Crippen LogP contribution in [0.25, 0.3) is 0 Å². The van der Waals surface area contributed by atoms with E-state index in [1.165, 1.54) is 5.01 Å². The van der Waals surface area contributed by atoms with Gasteiger partial charge in [0.15, 0.2) is 0 Å². The summed E-state index contributed by atoms with van der Waals surface area (Å²) in [5.41, 5.74) is 1.26. The number of carbonyl (C=O) groups is 1. The minimum absolute atomic E-state index is 0. The van der Waals surface area contributed by atoms with E-state index in [0.717, 1.165) is 38.4 Å². The zero-order chi connectivity index (χ0) is 17.6. The Morgan fingerprint density at radius 1 is 1.27 bits per heavy atom. The molecule has 1 amide bonds. The fourth-order valence-electron chi connectivity index (χ4n) is 2.59. The Balaban J connectivity index is 0.00000312. The van der Waals surface area contributed by atoms with Crippen molar-refractivity contribution in [3.8, 4) is 0 Å². The van der Waals surface area contributed by atoms with Crippen molar-refractivity contribution in [1.29, 1.82) is 0 Å². The SMILES string of the molecule is COCCNCC(=O)N1CCN(Cc2csc(C(C)(C)C)n2)CC1.Cl.Cl. The number of amides is 1. The predicted molar refractivity (Wildman–Crippen MR) is 112 cm³/mol. The first-order valence-electron chi connectivity index (χ1n) is 8.55. The van der Waals surface area contributed by atoms with Crippen molar-refractivity contribution in [1.82, 2.24) is 20.1 Å². The molecule has 1 fully saturated rings. The minimum Gasteiger partial charge on any atom is -0.383 e. The van der Waals surface area contributed by atoms with E-state index in [9.17, 15) is 4.79 Å². The van der Waals surface area contributed by atoms with Gasteiger partial charge >= 0.3 is 0 Å². The van der Waals surface area contributed by atoms with Crippen LogP contribution < -0.4 is 5.32 Å². The summed E-state index contributed by atoms with van der Waals surface area (Å²) in [4.78, 5) is 21.2. The first-order chi connectivity index (χ1) is 11.4. The molecule has 152 valence electrons. The largest absolute Gasteiger partial charge is 0.383 e. The van der Waals surface area contributed by atoms with Gasteiger partial charge in [0.2, 0.25) is 5.91 Å². The number of carbonyl (C=O) groups excluding carboxylic acids is 1. The van der Waals surface area contributed by atoms with Crippen LogP contribution in [0.5, 0.6) is 0 Å². The highest BCUT2D eigenvalue weighted by molar-refractivity contribution is 7.09. The molecule has 1 N–H and O–H groups in total. The monoisotopic (exact) mass is 426 g/mol. The molecule has 0 aliphatic carbocycles. The Hall–Kier alpha value is -0.440. The third-order valence-corrected chi connectivity index (χ3v) is 5.38. The molecule has 0 atom stereocenters. The molecule has 26 heavy (non-hydrogen) atoms. The average Bonchev–Trinajstić information content (AvgIpc) is 3.01. The number of hydrogen-bond donors (Lipinski definition) is 1. The van der Waals surface area contributed by atoms with E-state index in [1.54, 1.807) is 18.4 Å². The summed E-state index contributed by atoms with van der Waals surface area (Å²) in [6.07, 6.45) is 0. The highest BCUT2D eigenvalue weighted by atomic mass is 35.5. The first kappa shape index (κ1) is 25.6. The van der Waals surface area contributed by atoms with Crippen LogP contribution in [0.15, 0.2) is 5.38 Å². The van der Waals surface area contributed by atoms with Crippen molar-refractivity contribution in [2.45, 2.75) is 32.7 Å². The molecule has 0 unspecified atom stereocenters. The highest BCUT2D eigenvalue weighted by Crippen LogP contribution is 2.26. The molecule has 9 heteroatoms. The van der Waals surface area contributed by atoms with Gasteiger partial charge in [-0.15, -0.1) is 36.2 Å².